The Hall–Kier alpha value is -0.830. The molecule has 0 unspecified atom stereocenters. The van der Waals surface area contributed by atoms with Crippen molar-refractivity contribution in [2.24, 2.45) is 17.3 Å². The van der Waals surface area contributed by atoms with Gasteiger partial charge in [-0.2, -0.15) is 0 Å². The number of fused-ring (bicyclic) bond motifs is 2. The topological polar surface area (TPSA) is 46.5 Å². The first-order chi connectivity index (χ1) is 8.33. The molecular weight excluding hydrogens is 228 g/mol. The van der Waals surface area contributed by atoms with E-state index in [9.17, 15) is 9.90 Å². The Morgan fingerprint density at radius 1 is 1.39 bits per heavy atom. The average molecular weight is 250 g/mol. The quantitative estimate of drug-likeness (QED) is 0.530. The maximum absolute atomic E-state index is 11.6. The number of hydrogen-bond acceptors (Lipinski definition) is 3. The van der Waals surface area contributed by atoms with E-state index in [1.165, 1.54) is 0 Å². The summed E-state index contributed by atoms with van der Waals surface area (Å²) < 4.78 is 5.44. The van der Waals surface area contributed by atoms with Gasteiger partial charge in [-0.3, -0.25) is 0 Å². The Morgan fingerprint density at radius 3 is 2.83 bits per heavy atom. The molecule has 1 saturated heterocycles. The summed E-state index contributed by atoms with van der Waals surface area (Å²) in [6.07, 6.45) is 4.78. The number of ether oxygens (including phenoxy) is 1. The predicted octanol–water partition coefficient (Wildman–Crippen LogP) is 2.44. The first kappa shape index (κ1) is 12.2. The van der Waals surface area contributed by atoms with Gasteiger partial charge in [-0.1, -0.05) is 19.9 Å². The van der Waals surface area contributed by atoms with Gasteiger partial charge < -0.3 is 9.84 Å². The third-order valence-corrected chi connectivity index (χ3v) is 5.60. The Labute approximate surface area is 108 Å². The highest BCUT2D eigenvalue weighted by Gasteiger charge is 2.57. The van der Waals surface area contributed by atoms with Gasteiger partial charge in [-0.15, -0.1) is 0 Å². The zero-order valence-corrected chi connectivity index (χ0v) is 11.2. The first-order valence-electron chi connectivity index (χ1n) is 6.96. The van der Waals surface area contributed by atoms with Crippen molar-refractivity contribution in [3.8, 4) is 0 Å². The molecule has 3 aliphatic rings. The van der Waals surface area contributed by atoms with Crippen LogP contribution >= 0.6 is 0 Å². The fourth-order valence-corrected chi connectivity index (χ4v) is 4.59. The summed E-state index contributed by atoms with van der Waals surface area (Å²) in [6.45, 7) is 8.07. The van der Waals surface area contributed by atoms with Gasteiger partial charge in [0.15, 0.2) is 0 Å². The van der Waals surface area contributed by atoms with E-state index in [-0.39, 0.29) is 29.3 Å². The predicted molar refractivity (Wildman–Crippen MR) is 67.8 cm³/mol. The van der Waals surface area contributed by atoms with Crippen LogP contribution in [-0.4, -0.2) is 22.8 Å². The van der Waals surface area contributed by atoms with Gasteiger partial charge in [0.2, 0.25) is 0 Å². The molecule has 2 aliphatic carbocycles. The van der Waals surface area contributed by atoms with Crippen LogP contribution in [0, 0.1) is 17.3 Å². The van der Waals surface area contributed by atoms with E-state index >= 15 is 0 Å². The molecule has 1 N–H and O–H groups in total. The molecule has 100 valence electrons. The number of carbonyl (C=O) groups is 1. The van der Waals surface area contributed by atoms with Gasteiger partial charge in [-0.05, 0) is 43.9 Å². The summed E-state index contributed by atoms with van der Waals surface area (Å²) in [7, 11) is 0. The number of hydrogen-bond donors (Lipinski definition) is 1. The molecule has 3 rings (SSSR count). The Kier molecular flexibility index (Phi) is 2.44. The lowest BCUT2D eigenvalue weighted by Gasteiger charge is -2.54. The SMILES string of the molecule is C=C1C(=O)O[C@H]2C[C@@]3(C)CCC[C@@](C)(O)[C@H]3C[C@@H]12. The molecule has 1 heterocycles. The largest absolute Gasteiger partial charge is 0.458 e. The van der Waals surface area contributed by atoms with Gasteiger partial charge in [0.25, 0.3) is 0 Å². The van der Waals surface area contributed by atoms with E-state index in [4.69, 9.17) is 4.74 Å². The first-order valence-corrected chi connectivity index (χ1v) is 6.96. The zero-order chi connectivity index (χ0) is 13.1. The smallest absolute Gasteiger partial charge is 0.334 e. The zero-order valence-electron chi connectivity index (χ0n) is 11.2. The van der Waals surface area contributed by atoms with E-state index < -0.39 is 5.60 Å². The van der Waals surface area contributed by atoms with Crippen molar-refractivity contribution in [2.75, 3.05) is 0 Å². The second-order valence-corrected chi connectivity index (χ2v) is 6.93. The van der Waals surface area contributed by atoms with Crippen LogP contribution in [0.5, 0.6) is 0 Å². The molecule has 0 aromatic carbocycles. The Morgan fingerprint density at radius 2 is 2.11 bits per heavy atom. The molecule has 0 spiro atoms. The molecule has 0 bridgehead atoms. The van der Waals surface area contributed by atoms with Crippen LogP contribution in [0.2, 0.25) is 0 Å². The summed E-state index contributed by atoms with van der Waals surface area (Å²) in [4.78, 5) is 11.6. The standard InChI is InChI=1S/C15H22O3/c1-9-10-7-12-14(2,5-4-6-15(12,3)17)8-11(10)18-13(9)16/h10-12,17H,1,4-8H2,2-3H3/t10-,11-,12-,14+,15+/m0/s1. The molecule has 3 fully saturated rings. The lowest BCUT2D eigenvalue weighted by molar-refractivity contribution is -0.155. The van der Waals surface area contributed by atoms with Crippen molar-refractivity contribution in [3.63, 3.8) is 0 Å². The van der Waals surface area contributed by atoms with Gasteiger partial charge in [0.1, 0.15) is 6.10 Å². The summed E-state index contributed by atoms with van der Waals surface area (Å²) >= 11 is 0. The molecule has 18 heavy (non-hydrogen) atoms. The van der Waals surface area contributed by atoms with Crippen molar-refractivity contribution < 1.29 is 14.6 Å². The molecule has 0 amide bonds. The van der Waals surface area contributed by atoms with E-state index in [0.717, 1.165) is 32.1 Å². The lowest BCUT2D eigenvalue weighted by atomic mass is 9.52. The van der Waals surface area contributed by atoms with Crippen LogP contribution in [0.15, 0.2) is 12.2 Å². The second kappa shape index (κ2) is 3.60. The molecule has 0 aromatic heterocycles. The fourth-order valence-electron chi connectivity index (χ4n) is 4.59. The highest BCUT2D eigenvalue weighted by Crippen LogP contribution is 2.58. The highest BCUT2D eigenvalue weighted by atomic mass is 16.6. The number of aliphatic hydroxyl groups is 1. The molecule has 3 nitrogen and oxygen atoms in total. The van der Waals surface area contributed by atoms with Gasteiger partial charge in [0.05, 0.1) is 5.60 Å². The van der Waals surface area contributed by atoms with Crippen molar-refractivity contribution >= 4 is 5.97 Å². The average Bonchev–Trinajstić information content (AvgIpc) is 2.51. The molecule has 1 aliphatic heterocycles. The monoisotopic (exact) mass is 250 g/mol. The minimum atomic E-state index is -0.607. The van der Waals surface area contributed by atoms with Crippen LogP contribution < -0.4 is 0 Å². The fraction of sp³-hybridized carbons (Fsp3) is 0.800. The molecule has 3 heteroatoms. The van der Waals surface area contributed by atoms with Crippen LogP contribution in [0.3, 0.4) is 0 Å². The van der Waals surface area contributed by atoms with E-state index in [1.807, 2.05) is 6.92 Å². The maximum Gasteiger partial charge on any atom is 0.334 e. The lowest BCUT2D eigenvalue weighted by Crippen LogP contribution is -2.53. The summed E-state index contributed by atoms with van der Waals surface area (Å²) in [5.74, 6) is 0.151. The molecular formula is C15H22O3. The van der Waals surface area contributed by atoms with Crippen LogP contribution in [0.4, 0.5) is 0 Å². The Balaban J connectivity index is 1.93. The third kappa shape index (κ3) is 1.56. The van der Waals surface area contributed by atoms with Gasteiger partial charge in [-0.25, -0.2) is 4.79 Å². The van der Waals surface area contributed by atoms with Crippen LogP contribution in [0.1, 0.15) is 46.0 Å². The maximum atomic E-state index is 11.6. The van der Waals surface area contributed by atoms with Crippen LogP contribution in [0.25, 0.3) is 0 Å². The minimum Gasteiger partial charge on any atom is -0.458 e. The summed E-state index contributed by atoms with van der Waals surface area (Å²) in [6, 6.07) is 0. The Bertz CT molecular complexity index is 412. The molecule has 2 saturated carbocycles. The van der Waals surface area contributed by atoms with E-state index in [2.05, 4.69) is 13.5 Å². The number of rotatable bonds is 0. The van der Waals surface area contributed by atoms with Gasteiger partial charge in [0, 0.05) is 11.5 Å². The normalized spacial score (nSPS) is 51.6. The number of carbonyl (C=O) groups excluding carboxylic acids is 1. The summed E-state index contributed by atoms with van der Waals surface area (Å²) in [5, 5.41) is 10.7. The van der Waals surface area contributed by atoms with Crippen molar-refractivity contribution in [2.45, 2.75) is 57.7 Å². The van der Waals surface area contributed by atoms with E-state index in [1.54, 1.807) is 0 Å². The number of esters is 1. The van der Waals surface area contributed by atoms with Crippen molar-refractivity contribution in [1.82, 2.24) is 0 Å². The van der Waals surface area contributed by atoms with Crippen LogP contribution in [-0.2, 0) is 9.53 Å². The minimum absolute atomic E-state index is 0.000139. The highest BCUT2D eigenvalue weighted by molar-refractivity contribution is 5.90. The molecule has 0 radical (unpaired) electrons. The third-order valence-electron chi connectivity index (χ3n) is 5.60. The molecule has 5 atom stereocenters. The van der Waals surface area contributed by atoms with Crippen molar-refractivity contribution in [1.29, 1.82) is 0 Å². The van der Waals surface area contributed by atoms with Gasteiger partial charge >= 0.3 is 5.97 Å². The second-order valence-electron chi connectivity index (χ2n) is 6.93. The van der Waals surface area contributed by atoms with Crippen molar-refractivity contribution in [3.05, 3.63) is 12.2 Å². The summed E-state index contributed by atoms with van der Waals surface area (Å²) in [5.41, 5.74) is 0.112. The molecule has 0 aromatic rings. The van der Waals surface area contributed by atoms with E-state index in [0.29, 0.717) is 5.57 Å².